The highest BCUT2D eigenvalue weighted by atomic mass is 16.5. The van der Waals surface area contributed by atoms with Crippen molar-refractivity contribution in [3.63, 3.8) is 0 Å². The van der Waals surface area contributed by atoms with Gasteiger partial charge in [-0.05, 0) is 36.4 Å². The molecule has 0 amide bonds. The van der Waals surface area contributed by atoms with Gasteiger partial charge in [-0.2, -0.15) is 0 Å². The predicted octanol–water partition coefficient (Wildman–Crippen LogP) is 3.54. The molecule has 0 fully saturated rings. The highest BCUT2D eigenvalue weighted by molar-refractivity contribution is 5.80. The van der Waals surface area contributed by atoms with Crippen molar-refractivity contribution in [2.24, 2.45) is 0 Å². The molecule has 0 aliphatic rings. The number of H-pyrrole nitrogens is 1. The van der Waals surface area contributed by atoms with Crippen molar-refractivity contribution in [2.45, 2.75) is 0 Å². The molecule has 0 atom stereocenters. The van der Waals surface area contributed by atoms with Crippen LogP contribution < -0.4 is 10.5 Å². The molecule has 84 valence electrons. The highest BCUT2D eigenvalue weighted by Gasteiger charge is 2.00. The van der Waals surface area contributed by atoms with Crippen molar-refractivity contribution in [3.8, 4) is 11.5 Å². The van der Waals surface area contributed by atoms with E-state index in [4.69, 9.17) is 10.5 Å². The third kappa shape index (κ3) is 1.95. The molecule has 1 aromatic heterocycles. The number of fused-ring (bicyclic) bond motifs is 1. The number of ether oxygens (including phenoxy) is 1. The molecule has 0 saturated carbocycles. The van der Waals surface area contributed by atoms with E-state index in [9.17, 15) is 0 Å². The molecule has 3 aromatic rings. The zero-order valence-electron chi connectivity index (χ0n) is 9.18. The van der Waals surface area contributed by atoms with E-state index in [1.165, 1.54) is 0 Å². The van der Waals surface area contributed by atoms with Crippen LogP contribution in [0.5, 0.6) is 11.5 Å². The summed E-state index contributed by atoms with van der Waals surface area (Å²) in [6.07, 6.45) is 1.91. The summed E-state index contributed by atoms with van der Waals surface area (Å²) in [5.41, 5.74) is 7.50. The standard InChI is InChI=1S/C14H12N2O/c15-11-2-1-3-12(9-11)17-13-4-5-14-10(8-13)6-7-16-14/h1-9,16H,15H2. The first kappa shape index (κ1) is 9.78. The molecule has 3 heteroatoms. The zero-order chi connectivity index (χ0) is 11.7. The number of nitrogen functional groups attached to an aromatic ring is 1. The van der Waals surface area contributed by atoms with Gasteiger partial charge in [-0.25, -0.2) is 0 Å². The van der Waals surface area contributed by atoms with E-state index in [1.807, 2.05) is 48.7 Å². The number of hydrogen-bond donors (Lipinski definition) is 2. The Balaban J connectivity index is 1.94. The molecular weight excluding hydrogens is 212 g/mol. The van der Waals surface area contributed by atoms with Gasteiger partial charge in [0, 0.05) is 28.9 Å². The lowest BCUT2D eigenvalue weighted by Crippen LogP contribution is -1.87. The van der Waals surface area contributed by atoms with Crippen LogP contribution in [0.4, 0.5) is 5.69 Å². The van der Waals surface area contributed by atoms with Crippen molar-refractivity contribution >= 4 is 16.6 Å². The van der Waals surface area contributed by atoms with E-state index in [0.29, 0.717) is 5.69 Å². The molecule has 17 heavy (non-hydrogen) atoms. The molecule has 0 saturated heterocycles. The molecule has 0 unspecified atom stereocenters. The maximum atomic E-state index is 5.74. The quantitative estimate of drug-likeness (QED) is 0.654. The Bertz CT molecular complexity index is 658. The monoisotopic (exact) mass is 224 g/mol. The first-order valence-electron chi connectivity index (χ1n) is 5.42. The van der Waals surface area contributed by atoms with Crippen LogP contribution in [0.25, 0.3) is 10.9 Å². The third-order valence-electron chi connectivity index (χ3n) is 2.62. The summed E-state index contributed by atoms with van der Waals surface area (Å²) in [6, 6.07) is 15.3. The molecule has 3 nitrogen and oxygen atoms in total. The molecule has 0 bridgehead atoms. The summed E-state index contributed by atoms with van der Waals surface area (Å²) in [5.74, 6) is 1.56. The van der Waals surface area contributed by atoms with Gasteiger partial charge in [-0.1, -0.05) is 6.07 Å². The minimum atomic E-state index is 0.699. The maximum Gasteiger partial charge on any atom is 0.129 e. The predicted molar refractivity (Wildman–Crippen MR) is 69.2 cm³/mol. The van der Waals surface area contributed by atoms with E-state index < -0.39 is 0 Å². The van der Waals surface area contributed by atoms with Gasteiger partial charge in [0.15, 0.2) is 0 Å². The fourth-order valence-corrected chi connectivity index (χ4v) is 1.81. The number of aromatic nitrogens is 1. The van der Waals surface area contributed by atoms with Gasteiger partial charge in [-0.3, -0.25) is 0 Å². The first-order chi connectivity index (χ1) is 8.31. The summed E-state index contributed by atoms with van der Waals surface area (Å²) >= 11 is 0. The second-order valence-corrected chi connectivity index (χ2v) is 3.90. The van der Waals surface area contributed by atoms with Crippen LogP contribution in [0.3, 0.4) is 0 Å². The number of rotatable bonds is 2. The van der Waals surface area contributed by atoms with Crippen LogP contribution in [-0.2, 0) is 0 Å². The van der Waals surface area contributed by atoms with Crippen molar-refractivity contribution in [2.75, 3.05) is 5.73 Å². The summed E-state index contributed by atoms with van der Waals surface area (Å²) < 4.78 is 5.74. The number of hydrogen-bond acceptors (Lipinski definition) is 2. The van der Waals surface area contributed by atoms with E-state index in [2.05, 4.69) is 4.98 Å². The first-order valence-corrected chi connectivity index (χ1v) is 5.42. The van der Waals surface area contributed by atoms with Crippen LogP contribution in [0, 0.1) is 0 Å². The van der Waals surface area contributed by atoms with Gasteiger partial charge in [0.1, 0.15) is 11.5 Å². The number of nitrogens with two attached hydrogens (primary N) is 1. The smallest absolute Gasteiger partial charge is 0.129 e. The van der Waals surface area contributed by atoms with Crippen molar-refractivity contribution in [1.29, 1.82) is 0 Å². The molecule has 0 aliphatic carbocycles. The zero-order valence-corrected chi connectivity index (χ0v) is 9.18. The average molecular weight is 224 g/mol. The van der Waals surface area contributed by atoms with E-state index in [0.717, 1.165) is 22.4 Å². The lowest BCUT2D eigenvalue weighted by molar-refractivity contribution is 0.484. The van der Waals surface area contributed by atoms with Crippen LogP contribution in [0.15, 0.2) is 54.7 Å². The molecule has 0 aliphatic heterocycles. The molecule has 0 radical (unpaired) electrons. The minimum absolute atomic E-state index is 0.699. The Labute approximate surface area is 98.8 Å². The summed E-state index contributed by atoms with van der Waals surface area (Å²) in [7, 11) is 0. The Morgan fingerprint density at radius 3 is 2.71 bits per heavy atom. The van der Waals surface area contributed by atoms with Crippen molar-refractivity contribution < 1.29 is 4.74 Å². The Morgan fingerprint density at radius 1 is 0.941 bits per heavy atom. The van der Waals surface area contributed by atoms with Gasteiger partial charge < -0.3 is 15.5 Å². The average Bonchev–Trinajstić information content (AvgIpc) is 2.76. The maximum absolute atomic E-state index is 5.74. The Morgan fingerprint density at radius 2 is 1.82 bits per heavy atom. The number of anilines is 1. The normalized spacial score (nSPS) is 10.6. The van der Waals surface area contributed by atoms with Crippen molar-refractivity contribution in [1.82, 2.24) is 4.98 Å². The van der Waals surface area contributed by atoms with E-state index in [1.54, 1.807) is 6.07 Å². The second-order valence-electron chi connectivity index (χ2n) is 3.90. The van der Waals surface area contributed by atoms with Crippen LogP contribution in [-0.4, -0.2) is 4.98 Å². The molecule has 3 rings (SSSR count). The number of aromatic amines is 1. The lowest BCUT2D eigenvalue weighted by atomic mass is 10.2. The Hall–Kier alpha value is -2.42. The van der Waals surface area contributed by atoms with Gasteiger partial charge in [0.05, 0.1) is 0 Å². The van der Waals surface area contributed by atoms with Gasteiger partial charge in [0.2, 0.25) is 0 Å². The summed E-state index contributed by atoms with van der Waals surface area (Å²) in [5, 5.41) is 1.13. The minimum Gasteiger partial charge on any atom is -0.457 e. The van der Waals surface area contributed by atoms with Gasteiger partial charge >= 0.3 is 0 Å². The second kappa shape index (κ2) is 3.87. The SMILES string of the molecule is Nc1cccc(Oc2ccc3[nH]ccc3c2)c1. The molecule has 2 aromatic carbocycles. The molecular formula is C14H12N2O. The van der Waals surface area contributed by atoms with Crippen LogP contribution in [0.2, 0.25) is 0 Å². The summed E-state index contributed by atoms with van der Waals surface area (Å²) in [4.78, 5) is 3.14. The van der Waals surface area contributed by atoms with Crippen molar-refractivity contribution in [3.05, 3.63) is 54.7 Å². The largest absolute Gasteiger partial charge is 0.457 e. The Kier molecular flexibility index (Phi) is 2.22. The van der Waals surface area contributed by atoms with E-state index >= 15 is 0 Å². The highest BCUT2D eigenvalue weighted by Crippen LogP contribution is 2.26. The van der Waals surface area contributed by atoms with Gasteiger partial charge in [0.25, 0.3) is 0 Å². The summed E-state index contributed by atoms with van der Waals surface area (Å²) in [6.45, 7) is 0. The lowest BCUT2D eigenvalue weighted by Gasteiger charge is -2.06. The van der Waals surface area contributed by atoms with Crippen LogP contribution >= 0.6 is 0 Å². The fourth-order valence-electron chi connectivity index (χ4n) is 1.81. The fraction of sp³-hybridized carbons (Fsp3) is 0. The molecule has 3 N–H and O–H groups in total. The molecule has 0 spiro atoms. The molecule has 1 heterocycles. The third-order valence-corrected chi connectivity index (χ3v) is 2.62. The van der Waals surface area contributed by atoms with Gasteiger partial charge in [-0.15, -0.1) is 0 Å². The van der Waals surface area contributed by atoms with E-state index in [-0.39, 0.29) is 0 Å². The topological polar surface area (TPSA) is 51.0 Å². The number of benzene rings is 2. The van der Waals surface area contributed by atoms with Crippen LogP contribution in [0.1, 0.15) is 0 Å². The number of nitrogens with one attached hydrogen (secondary N) is 1.